The number of aromatic nitrogens is 1. The van der Waals surface area contributed by atoms with Crippen LogP contribution in [0.2, 0.25) is 0 Å². The molecule has 2 rings (SSSR count). The van der Waals surface area contributed by atoms with Gasteiger partial charge in [-0.1, -0.05) is 26.0 Å². The number of fused-ring (bicyclic) bond motifs is 1. The molecule has 1 atom stereocenters. The lowest BCUT2D eigenvalue weighted by molar-refractivity contribution is -0.138. The van der Waals surface area contributed by atoms with Gasteiger partial charge in [0, 0.05) is 18.0 Å². The molecule has 5 nitrogen and oxygen atoms in total. The van der Waals surface area contributed by atoms with Crippen molar-refractivity contribution in [3.05, 3.63) is 30.0 Å². The maximum atomic E-state index is 10.7. The van der Waals surface area contributed by atoms with Gasteiger partial charge in [-0.25, -0.2) is 0 Å². The Balaban J connectivity index is 0.000000861. The summed E-state index contributed by atoms with van der Waals surface area (Å²) < 4.78 is 5.21. The molecule has 4 N–H and O–H groups in total. The molecule has 19 heavy (non-hydrogen) atoms. The number of carbonyl (C=O) groups is 1. The molecular formula is C14H20N2O3. The van der Waals surface area contributed by atoms with Gasteiger partial charge >= 0.3 is 5.97 Å². The van der Waals surface area contributed by atoms with E-state index in [1.54, 1.807) is 13.3 Å². The Labute approximate surface area is 112 Å². The zero-order valence-electron chi connectivity index (χ0n) is 11.4. The van der Waals surface area contributed by atoms with Crippen molar-refractivity contribution in [2.24, 2.45) is 5.73 Å². The van der Waals surface area contributed by atoms with E-state index >= 15 is 0 Å². The fourth-order valence-corrected chi connectivity index (χ4v) is 1.85. The van der Waals surface area contributed by atoms with Crippen LogP contribution >= 0.6 is 0 Å². The molecule has 0 amide bonds. The third-order valence-corrected chi connectivity index (χ3v) is 2.74. The largest absolute Gasteiger partial charge is 0.495 e. The molecule has 0 aliphatic rings. The minimum atomic E-state index is -0.998. The van der Waals surface area contributed by atoms with Crippen LogP contribution in [-0.4, -0.2) is 29.2 Å². The molecule has 0 fully saturated rings. The summed E-state index contributed by atoms with van der Waals surface area (Å²) in [6, 6.07) is 4.74. The van der Waals surface area contributed by atoms with Crippen molar-refractivity contribution >= 4 is 16.9 Å². The average Bonchev–Trinajstić information content (AvgIpc) is 2.84. The summed E-state index contributed by atoms with van der Waals surface area (Å²) in [4.78, 5) is 13.8. The van der Waals surface area contributed by atoms with Gasteiger partial charge in [0.05, 0.1) is 12.6 Å². The molecule has 0 saturated carbocycles. The second kappa shape index (κ2) is 6.80. The highest BCUT2D eigenvalue weighted by Crippen LogP contribution is 2.27. The number of H-pyrrole nitrogens is 1. The Kier molecular flexibility index (Phi) is 5.38. The van der Waals surface area contributed by atoms with Crippen LogP contribution in [-0.2, 0) is 11.2 Å². The lowest BCUT2D eigenvalue weighted by Gasteiger charge is -2.05. The number of hydrogen-bond acceptors (Lipinski definition) is 3. The molecule has 1 aromatic heterocycles. The molecule has 0 radical (unpaired) electrons. The van der Waals surface area contributed by atoms with Crippen LogP contribution in [0.25, 0.3) is 10.9 Å². The van der Waals surface area contributed by atoms with E-state index in [2.05, 4.69) is 4.98 Å². The first-order chi connectivity index (χ1) is 9.13. The van der Waals surface area contributed by atoms with Crippen LogP contribution in [0.1, 0.15) is 19.4 Å². The van der Waals surface area contributed by atoms with Gasteiger partial charge in [0.25, 0.3) is 0 Å². The van der Waals surface area contributed by atoms with Crippen molar-refractivity contribution in [1.29, 1.82) is 0 Å². The van der Waals surface area contributed by atoms with Crippen LogP contribution in [0.5, 0.6) is 5.75 Å². The highest BCUT2D eigenvalue weighted by molar-refractivity contribution is 5.89. The van der Waals surface area contributed by atoms with Crippen molar-refractivity contribution in [2.75, 3.05) is 7.11 Å². The zero-order valence-corrected chi connectivity index (χ0v) is 11.4. The quantitative estimate of drug-likeness (QED) is 0.789. The molecule has 1 heterocycles. The minimum absolute atomic E-state index is 0.294. The predicted molar refractivity (Wildman–Crippen MR) is 75.5 cm³/mol. The second-order valence-electron chi connectivity index (χ2n) is 3.85. The van der Waals surface area contributed by atoms with Gasteiger partial charge in [-0.3, -0.25) is 4.79 Å². The summed E-state index contributed by atoms with van der Waals surface area (Å²) >= 11 is 0. The predicted octanol–water partition coefficient (Wildman–Crippen LogP) is 2.16. The Morgan fingerprint density at radius 2 is 2.16 bits per heavy atom. The normalized spacial score (nSPS) is 11.6. The third-order valence-electron chi connectivity index (χ3n) is 2.74. The van der Waals surface area contributed by atoms with E-state index in [1.807, 2.05) is 32.0 Å². The van der Waals surface area contributed by atoms with Crippen molar-refractivity contribution in [3.63, 3.8) is 0 Å². The van der Waals surface area contributed by atoms with Crippen LogP contribution in [0, 0.1) is 0 Å². The Morgan fingerprint density at radius 1 is 1.47 bits per heavy atom. The minimum Gasteiger partial charge on any atom is -0.495 e. The number of carboxylic acid groups (broad SMARTS) is 1. The summed E-state index contributed by atoms with van der Waals surface area (Å²) in [5.74, 6) is -0.264. The van der Waals surface area contributed by atoms with Crippen LogP contribution in [0.4, 0.5) is 0 Å². The molecule has 0 spiro atoms. The monoisotopic (exact) mass is 264 g/mol. The molecule has 1 unspecified atom stereocenters. The molecule has 0 aliphatic carbocycles. The van der Waals surface area contributed by atoms with Crippen LogP contribution < -0.4 is 10.5 Å². The first-order valence-corrected chi connectivity index (χ1v) is 6.25. The Bertz CT molecular complexity index is 549. The highest BCUT2D eigenvalue weighted by Gasteiger charge is 2.15. The molecule has 104 valence electrons. The van der Waals surface area contributed by atoms with Crippen molar-refractivity contribution < 1.29 is 14.6 Å². The first-order valence-electron chi connectivity index (χ1n) is 6.25. The van der Waals surface area contributed by atoms with Crippen molar-refractivity contribution in [1.82, 2.24) is 4.98 Å². The number of aliphatic carboxylic acids is 1. The van der Waals surface area contributed by atoms with Crippen molar-refractivity contribution in [3.8, 4) is 5.75 Å². The highest BCUT2D eigenvalue weighted by atomic mass is 16.5. The smallest absolute Gasteiger partial charge is 0.320 e. The molecular weight excluding hydrogens is 244 g/mol. The third kappa shape index (κ3) is 3.26. The Morgan fingerprint density at radius 3 is 2.74 bits per heavy atom. The Hall–Kier alpha value is -2.01. The summed E-state index contributed by atoms with van der Waals surface area (Å²) in [6.45, 7) is 4.00. The van der Waals surface area contributed by atoms with Gasteiger partial charge in [0.1, 0.15) is 11.8 Å². The van der Waals surface area contributed by atoms with Gasteiger partial charge in [-0.2, -0.15) is 0 Å². The molecule has 1 aromatic carbocycles. The number of nitrogens with two attached hydrogens (primary N) is 1. The van der Waals surface area contributed by atoms with E-state index < -0.39 is 12.0 Å². The second-order valence-corrected chi connectivity index (χ2v) is 3.85. The van der Waals surface area contributed by atoms with Gasteiger partial charge in [0.15, 0.2) is 0 Å². The van der Waals surface area contributed by atoms with Crippen LogP contribution in [0.3, 0.4) is 0 Å². The number of aromatic amines is 1. The van der Waals surface area contributed by atoms with Crippen molar-refractivity contribution in [2.45, 2.75) is 26.3 Å². The summed E-state index contributed by atoms with van der Waals surface area (Å²) in [7, 11) is 1.60. The van der Waals surface area contributed by atoms with E-state index in [9.17, 15) is 4.79 Å². The first kappa shape index (κ1) is 15.0. The lowest BCUT2D eigenvalue weighted by atomic mass is 10.1. The topological polar surface area (TPSA) is 88.3 Å². The summed E-state index contributed by atoms with van der Waals surface area (Å²) in [5.41, 5.74) is 7.27. The number of hydrogen-bond donors (Lipinski definition) is 3. The standard InChI is InChI=1S/C12H14N2O3.C2H6/c1-17-10-4-2-3-8-7(6-14-11(8)10)5-9(13)12(15)16;1-2/h2-4,6,9,14H,5,13H2,1H3,(H,15,16);1-2H3. The average molecular weight is 264 g/mol. The van der Waals surface area contributed by atoms with E-state index in [0.29, 0.717) is 6.42 Å². The number of carboxylic acids is 1. The SMILES string of the molecule is CC.COc1cccc2c(CC(N)C(=O)O)c[nH]c12. The molecule has 2 aromatic rings. The zero-order chi connectivity index (χ0) is 14.4. The number of methoxy groups -OCH3 is 1. The number of rotatable bonds is 4. The van der Waals surface area contributed by atoms with Gasteiger partial charge in [-0.05, 0) is 11.6 Å². The maximum Gasteiger partial charge on any atom is 0.320 e. The maximum absolute atomic E-state index is 10.7. The number of nitrogens with one attached hydrogen (secondary N) is 1. The fourth-order valence-electron chi connectivity index (χ4n) is 1.85. The van der Waals surface area contributed by atoms with E-state index in [-0.39, 0.29) is 0 Å². The molecule has 0 aliphatic heterocycles. The fraction of sp³-hybridized carbons (Fsp3) is 0.357. The van der Waals surface area contributed by atoms with E-state index in [4.69, 9.17) is 15.6 Å². The summed E-state index contributed by atoms with van der Waals surface area (Å²) in [6.07, 6.45) is 2.07. The van der Waals surface area contributed by atoms with E-state index in [0.717, 1.165) is 22.2 Å². The van der Waals surface area contributed by atoms with Gasteiger partial charge in [-0.15, -0.1) is 0 Å². The van der Waals surface area contributed by atoms with Gasteiger partial charge in [0.2, 0.25) is 0 Å². The van der Waals surface area contributed by atoms with Crippen LogP contribution in [0.15, 0.2) is 24.4 Å². The molecule has 0 bridgehead atoms. The molecule has 5 heteroatoms. The lowest BCUT2D eigenvalue weighted by Crippen LogP contribution is -2.32. The van der Waals surface area contributed by atoms with E-state index in [1.165, 1.54) is 0 Å². The number of ether oxygens (including phenoxy) is 1. The summed E-state index contributed by atoms with van der Waals surface area (Å²) in [5, 5.41) is 9.74. The van der Waals surface area contributed by atoms with Gasteiger partial charge < -0.3 is 20.6 Å². The number of benzene rings is 1. The number of para-hydroxylation sites is 1. The molecule has 0 saturated heterocycles.